The van der Waals surface area contributed by atoms with Crippen molar-refractivity contribution in [3.8, 4) is 5.69 Å². The minimum atomic E-state index is -1.83. The monoisotopic (exact) mass is 307 g/mol. The van der Waals surface area contributed by atoms with Crippen LogP contribution in [0.25, 0.3) is 5.69 Å². The van der Waals surface area contributed by atoms with Gasteiger partial charge in [0.2, 0.25) is 0 Å². The number of nitrogens with zero attached hydrogens (tertiary/aromatic N) is 3. The first-order valence-electron chi connectivity index (χ1n) is 6.42. The summed E-state index contributed by atoms with van der Waals surface area (Å²) in [7, 11) is 0. The number of thiophene rings is 1. The molecule has 7 nitrogen and oxygen atoms in total. The largest absolute Gasteiger partial charge is 0.503 e. The third-order valence-electron chi connectivity index (χ3n) is 3.62. The van der Waals surface area contributed by atoms with Gasteiger partial charge in [0.15, 0.2) is 0 Å². The minimum Gasteiger partial charge on any atom is -0.450 e. The van der Waals surface area contributed by atoms with Gasteiger partial charge in [-0.1, -0.05) is 0 Å². The second-order valence-electron chi connectivity index (χ2n) is 4.76. The van der Waals surface area contributed by atoms with Crippen LogP contribution in [-0.4, -0.2) is 43.3 Å². The van der Waals surface area contributed by atoms with Crippen molar-refractivity contribution in [1.29, 1.82) is 0 Å². The number of hydrogen-bond donors (Lipinski definition) is 2. The molecule has 1 saturated heterocycles. The summed E-state index contributed by atoms with van der Waals surface area (Å²) < 4.78 is 2.07. The van der Waals surface area contributed by atoms with Gasteiger partial charge in [0.1, 0.15) is 4.88 Å². The lowest BCUT2D eigenvalue weighted by atomic mass is 10.1. The van der Waals surface area contributed by atoms with Crippen molar-refractivity contribution in [3.05, 3.63) is 34.5 Å². The van der Waals surface area contributed by atoms with Crippen LogP contribution < -0.4 is 0 Å². The zero-order valence-electron chi connectivity index (χ0n) is 11.0. The number of imidazole rings is 1. The van der Waals surface area contributed by atoms with Gasteiger partial charge in [0, 0.05) is 6.54 Å². The lowest BCUT2D eigenvalue weighted by Gasteiger charge is -2.21. The zero-order valence-corrected chi connectivity index (χ0v) is 11.8. The van der Waals surface area contributed by atoms with Crippen LogP contribution in [0, 0.1) is 0 Å². The molecule has 0 radical (unpaired) electrons. The number of hydrogen-bond acceptors (Lipinski definition) is 4. The highest BCUT2D eigenvalue weighted by molar-refractivity contribution is 7.12. The maximum absolute atomic E-state index is 12.4. The predicted octanol–water partition coefficient (Wildman–Crippen LogP) is 2.45. The standard InChI is InChI=1S/C12H11N3OS.CH2O3/c16-12-11-9(3-5-17-11)15-7-13-6-10(15)8-2-1-4-14(8)12;2-1(3)4/h3,5-8H,1-2,4H2;(H2,2,3,4)/t8-;/m0./s1. The van der Waals surface area contributed by atoms with Crippen molar-refractivity contribution in [3.63, 3.8) is 0 Å². The van der Waals surface area contributed by atoms with Crippen LogP contribution in [0.15, 0.2) is 24.0 Å². The van der Waals surface area contributed by atoms with Gasteiger partial charge in [0.25, 0.3) is 5.91 Å². The van der Waals surface area contributed by atoms with E-state index >= 15 is 0 Å². The molecule has 0 saturated carbocycles. The lowest BCUT2D eigenvalue weighted by Crippen LogP contribution is -2.28. The Kier molecular flexibility index (Phi) is 3.38. The molecule has 1 fully saturated rings. The average molecular weight is 307 g/mol. The second kappa shape index (κ2) is 5.21. The van der Waals surface area contributed by atoms with E-state index in [2.05, 4.69) is 9.55 Å². The van der Waals surface area contributed by atoms with E-state index in [1.165, 1.54) is 11.3 Å². The normalized spacial score (nSPS) is 19.0. The summed E-state index contributed by atoms with van der Waals surface area (Å²) in [4.78, 5) is 28.1. The van der Waals surface area contributed by atoms with E-state index in [0.29, 0.717) is 0 Å². The molecule has 2 aromatic rings. The van der Waals surface area contributed by atoms with Gasteiger partial charge in [-0.05, 0) is 24.3 Å². The van der Waals surface area contributed by atoms with E-state index in [1.807, 2.05) is 28.9 Å². The number of carbonyl (C=O) groups excluding carboxylic acids is 1. The van der Waals surface area contributed by atoms with Crippen LogP contribution in [0.1, 0.15) is 34.2 Å². The molecular formula is C13H13N3O4S. The first kappa shape index (κ1) is 13.6. The molecular weight excluding hydrogens is 294 g/mol. The number of amides is 1. The predicted molar refractivity (Wildman–Crippen MR) is 75.1 cm³/mol. The molecule has 0 spiro atoms. The summed E-state index contributed by atoms with van der Waals surface area (Å²) in [5.74, 6) is 0.182. The van der Waals surface area contributed by atoms with E-state index in [-0.39, 0.29) is 11.9 Å². The Morgan fingerprint density at radius 1 is 1.43 bits per heavy atom. The van der Waals surface area contributed by atoms with Gasteiger partial charge < -0.3 is 15.1 Å². The van der Waals surface area contributed by atoms with Crippen LogP contribution in [0.4, 0.5) is 4.79 Å². The fourth-order valence-electron chi connectivity index (χ4n) is 2.85. The Labute approximate surface area is 124 Å². The minimum absolute atomic E-state index is 0.182. The number of rotatable bonds is 0. The van der Waals surface area contributed by atoms with E-state index in [4.69, 9.17) is 15.0 Å². The summed E-state index contributed by atoms with van der Waals surface area (Å²) in [6.45, 7) is 0.867. The molecule has 0 aromatic carbocycles. The topological polar surface area (TPSA) is 95.7 Å². The Bertz CT molecular complexity index is 689. The fraction of sp³-hybridized carbons (Fsp3) is 0.308. The van der Waals surface area contributed by atoms with Crippen LogP contribution in [0.5, 0.6) is 0 Å². The van der Waals surface area contributed by atoms with E-state index in [0.717, 1.165) is 35.6 Å². The first-order valence-corrected chi connectivity index (χ1v) is 7.30. The van der Waals surface area contributed by atoms with Crippen molar-refractivity contribution < 1.29 is 19.8 Å². The van der Waals surface area contributed by atoms with Crippen LogP contribution in [-0.2, 0) is 0 Å². The number of carbonyl (C=O) groups is 2. The van der Waals surface area contributed by atoms with Gasteiger partial charge in [-0.15, -0.1) is 11.3 Å². The van der Waals surface area contributed by atoms with E-state index in [9.17, 15) is 4.79 Å². The Morgan fingerprint density at radius 3 is 2.95 bits per heavy atom. The average Bonchev–Trinajstić information content (AvgIpc) is 3.15. The molecule has 0 aliphatic carbocycles. The maximum atomic E-state index is 12.4. The smallest absolute Gasteiger partial charge is 0.450 e. The summed E-state index contributed by atoms with van der Waals surface area (Å²) in [6, 6.07) is 2.22. The third-order valence-corrected chi connectivity index (χ3v) is 4.51. The summed E-state index contributed by atoms with van der Waals surface area (Å²) in [5, 5.41) is 15.9. The number of fused-ring (bicyclic) bond motifs is 5. The fourth-order valence-corrected chi connectivity index (χ4v) is 3.69. The maximum Gasteiger partial charge on any atom is 0.503 e. The van der Waals surface area contributed by atoms with Gasteiger partial charge in [0.05, 0.1) is 29.9 Å². The number of carboxylic acid groups (broad SMARTS) is 2. The molecule has 2 aliphatic rings. The number of aromatic nitrogens is 2. The molecule has 2 N–H and O–H groups in total. The highest BCUT2D eigenvalue weighted by Crippen LogP contribution is 2.39. The molecule has 0 unspecified atom stereocenters. The molecule has 0 bridgehead atoms. The Balaban J connectivity index is 0.000000298. The second-order valence-corrected chi connectivity index (χ2v) is 5.68. The summed E-state index contributed by atoms with van der Waals surface area (Å²) >= 11 is 1.52. The van der Waals surface area contributed by atoms with Crippen molar-refractivity contribution in [2.75, 3.05) is 6.54 Å². The van der Waals surface area contributed by atoms with Crippen LogP contribution in [0.3, 0.4) is 0 Å². The highest BCUT2D eigenvalue weighted by Gasteiger charge is 2.37. The molecule has 21 heavy (non-hydrogen) atoms. The van der Waals surface area contributed by atoms with Crippen LogP contribution >= 0.6 is 11.3 Å². The van der Waals surface area contributed by atoms with Gasteiger partial charge >= 0.3 is 6.16 Å². The van der Waals surface area contributed by atoms with Crippen molar-refractivity contribution in [1.82, 2.24) is 14.5 Å². The molecule has 4 rings (SSSR count). The van der Waals surface area contributed by atoms with Gasteiger partial charge in [-0.25, -0.2) is 9.78 Å². The molecule has 4 heterocycles. The van der Waals surface area contributed by atoms with Gasteiger partial charge in [-0.2, -0.15) is 0 Å². The third kappa shape index (κ3) is 2.27. The highest BCUT2D eigenvalue weighted by atomic mass is 32.1. The quantitative estimate of drug-likeness (QED) is 0.779. The molecule has 2 aliphatic heterocycles. The first-order chi connectivity index (χ1) is 10.1. The molecule has 8 heteroatoms. The summed E-state index contributed by atoms with van der Waals surface area (Å²) in [5.41, 5.74) is 2.13. The van der Waals surface area contributed by atoms with Crippen molar-refractivity contribution >= 4 is 23.4 Å². The lowest BCUT2D eigenvalue weighted by molar-refractivity contribution is 0.0743. The Morgan fingerprint density at radius 2 is 2.19 bits per heavy atom. The molecule has 1 amide bonds. The zero-order chi connectivity index (χ0) is 15.0. The Hall–Kier alpha value is -2.35. The molecule has 1 atom stereocenters. The van der Waals surface area contributed by atoms with E-state index in [1.54, 1.807) is 0 Å². The van der Waals surface area contributed by atoms with Gasteiger partial charge in [-0.3, -0.25) is 9.36 Å². The molecule has 110 valence electrons. The SMILES string of the molecule is O=C(O)O.O=C1c2sccc2-n2cncc2[C@@H]2CCCN12. The van der Waals surface area contributed by atoms with Crippen LogP contribution in [0.2, 0.25) is 0 Å². The molecule has 2 aromatic heterocycles. The summed E-state index contributed by atoms with van der Waals surface area (Å²) in [6.07, 6.45) is 4.01. The van der Waals surface area contributed by atoms with E-state index < -0.39 is 6.16 Å². The van der Waals surface area contributed by atoms with Crippen molar-refractivity contribution in [2.45, 2.75) is 18.9 Å². The van der Waals surface area contributed by atoms with Crippen molar-refractivity contribution in [2.24, 2.45) is 0 Å².